The molecule has 3 rings (SSSR count). The normalized spacial score (nSPS) is 11.1. The van der Waals surface area contributed by atoms with Crippen molar-refractivity contribution < 1.29 is 13.9 Å². The van der Waals surface area contributed by atoms with Crippen molar-refractivity contribution in [3.05, 3.63) is 35.7 Å². The molecule has 0 aliphatic rings. The van der Waals surface area contributed by atoms with Crippen molar-refractivity contribution in [1.82, 2.24) is 20.1 Å². The monoisotopic (exact) mass is 328 g/mol. The van der Waals surface area contributed by atoms with E-state index in [0.717, 1.165) is 17.5 Å². The molecule has 7 heteroatoms. The van der Waals surface area contributed by atoms with Crippen LogP contribution >= 0.6 is 0 Å². The summed E-state index contributed by atoms with van der Waals surface area (Å²) < 4.78 is 12.1. The summed E-state index contributed by atoms with van der Waals surface area (Å²) in [6.07, 6.45) is 2.34. The molecule has 0 fully saturated rings. The number of nitrogens with one attached hydrogen (secondary N) is 1. The molecule has 126 valence electrons. The van der Waals surface area contributed by atoms with Crippen LogP contribution in [0.5, 0.6) is 0 Å². The van der Waals surface area contributed by atoms with Gasteiger partial charge in [-0.15, -0.1) is 0 Å². The van der Waals surface area contributed by atoms with Crippen molar-refractivity contribution in [3.63, 3.8) is 0 Å². The number of furan rings is 1. The van der Waals surface area contributed by atoms with E-state index in [4.69, 9.17) is 9.15 Å². The number of fused-ring (bicyclic) bond motifs is 1. The number of rotatable bonds is 6. The average molecular weight is 328 g/mol. The minimum atomic E-state index is -0.151. The van der Waals surface area contributed by atoms with Crippen LogP contribution in [0.1, 0.15) is 22.5 Å². The molecule has 0 spiro atoms. The molecular weight excluding hydrogens is 308 g/mol. The zero-order chi connectivity index (χ0) is 17.1. The summed E-state index contributed by atoms with van der Waals surface area (Å²) in [5, 5.41) is 8.07. The van der Waals surface area contributed by atoms with E-state index in [0.29, 0.717) is 35.8 Å². The molecule has 0 aliphatic heterocycles. The predicted octanol–water partition coefficient (Wildman–Crippen LogP) is 2.30. The Hall–Kier alpha value is -2.67. The van der Waals surface area contributed by atoms with E-state index in [2.05, 4.69) is 15.4 Å². The smallest absolute Gasteiger partial charge is 0.252 e. The van der Waals surface area contributed by atoms with Crippen molar-refractivity contribution >= 4 is 16.9 Å². The highest BCUT2D eigenvalue weighted by atomic mass is 16.5. The van der Waals surface area contributed by atoms with E-state index in [1.54, 1.807) is 30.2 Å². The van der Waals surface area contributed by atoms with Crippen LogP contribution < -0.4 is 5.32 Å². The Bertz CT molecular complexity index is 852. The maximum Gasteiger partial charge on any atom is 0.252 e. The molecule has 0 saturated heterocycles. The zero-order valence-electron chi connectivity index (χ0n) is 14.0. The fourth-order valence-electron chi connectivity index (χ4n) is 2.69. The molecule has 0 aromatic carbocycles. The lowest BCUT2D eigenvalue weighted by Gasteiger charge is -2.08. The first-order chi connectivity index (χ1) is 11.6. The molecule has 0 unspecified atom stereocenters. The molecule has 3 aromatic heterocycles. The van der Waals surface area contributed by atoms with Crippen LogP contribution in [0.3, 0.4) is 0 Å². The summed E-state index contributed by atoms with van der Waals surface area (Å²) in [5.74, 6) is 0.464. The number of carbonyl (C=O) groups is 1. The highest BCUT2D eigenvalue weighted by Crippen LogP contribution is 2.27. The third-order valence-corrected chi connectivity index (χ3v) is 3.80. The Labute approximate surface area is 139 Å². The first-order valence-electron chi connectivity index (χ1n) is 7.77. The molecule has 3 aromatic rings. The van der Waals surface area contributed by atoms with Gasteiger partial charge in [0.15, 0.2) is 11.4 Å². The van der Waals surface area contributed by atoms with Gasteiger partial charge >= 0.3 is 0 Å². The third kappa shape index (κ3) is 3.03. The van der Waals surface area contributed by atoms with Gasteiger partial charge in [0.1, 0.15) is 5.69 Å². The lowest BCUT2D eigenvalue weighted by molar-refractivity contribution is 0.0950. The van der Waals surface area contributed by atoms with Gasteiger partial charge in [-0.05, 0) is 31.5 Å². The van der Waals surface area contributed by atoms with Gasteiger partial charge < -0.3 is 14.5 Å². The fraction of sp³-hybridized carbons (Fsp3) is 0.353. The topological polar surface area (TPSA) is 82.2 Å². The first-order valence-corrected chi connectivity index (χ1v) is 7.77. The number of methoxy groups -OCH3 is 1. The minimum absolute atomic E-state index is 0.151. The van der Waals surface area contributed by atoms with Crippen LogP contribution in [0.4, 0.5) is 0 Å². The molecule has 0 aliphatic carbocycles. The summed E-state index contributed by atoms with van der Waals surface area (Å²) in [6, 6.07) is 5.36. The van der Waals surface area contributed by atoms with Gasteiger partial charge in [0.25, 0.3) is 5.91 Å². The zero-order valence-corrected chi connectivity index (χ0v) is 14.0. The van der Waals surface area contributed by atoms with E-state index in [1.165, 1.54) is 0 Å². The predicted molar refractivity (Wildman–Crippen MR) is 89.8 cm³/mol. The van der Waals surface area contributed by atoms with Crippen molar-refractivity contribution in [2.45, 2.75) is 13.3 Å². The lowest BCUT2D eigenvalue weighted by Crippen LogP contribution is -2.25. The molecule has 24 heavy (non-hydrogen) atoms. The molecule has 7 nitrogen and oxygen atoms in total. The maximum absolute atomic E-state index is 12.7. The molecule has 0 saturated carbocycles. The number of hydrogen-bond acceptors (Lipinski definition) is 5. The number of nitrogens with zero attached hydrogens (tertiary/aromatic N) is 3. The van der Waals surface area contributed by atoms with Gasteiger partial charge in [0.2, 0.25) is 0 Å². The summed E-state index contributed by atoms with van der Waals surface area (Å²) >= 11 is 0. The summed E-state index contributed by atoms with van der Waals surface area (Å²) in [7, 11) is 3.46. The SMILES string of the molecule is COCCCNC(=O)c1cc(-c2ccco2)nc2c1c(C)nn2C. The Balaban J connectivity index is 2.02. The van der Waals surface area contributed by atoms with Gasteiger partial charge in [0.05, 0.1) is 22.9 Å². The standard InChI is InChI=1S/C17H20N4O3/c1-11-15-12(17(22)18-7-5-8-23-3)10-13(14-6-4-9-24-14)19-16(15)21(2)20-11/h4,6,9-10H,5,7-8H2,1-3H3,(H,18,22). The third-order valence-electron chi connectivity index (χ3n) is 3.80. The van der Waals surface area contributed by atoms with Gasteiger partial charge in [0, 0.05) is 27.3 Å². The van der Waals surface area contributed by atoms with Crippen LogP contribution in [-0.4, -0.2) is 40.9 Å². The lowest BCUT2D eigenvalue weighted by atomic mass is 10.1. The van der Waals surface area contributed by atoms with E-state index >= 15 is 0 Å². The van der Waals surface area contributed by atoms with Crippen molar-refractivity contribution in [1.29, 1.82) is 0 Å². The molecule has 0 radical (unpaired) electrons. The number of carbonyl (C=O) groups excluding carboxylic acids is 1. The number of ether oxygens (including phenoxy) is 1. The second-order valence-electron chi connectivity index (χ2n) is 5.54. The molecule has 1 N–H and O–H groups in total. The quantitative estimate of drug-likeness (QED) is 0.702. The van der Waals surface area contributed by atoms with Gasteiger partial charge in [-0.1, -0.05) is 0 Å². The molecule has 1 amide bonds. The molecule has 0 atom stereocenters. The van der Waals surface area contributed by atoms with Crippen LogP contribution in [0.25, 0.3) is 22.5 Å². The van der Waals surface area contributed by atoms with E-state index < -0.39 is 0 Å². The number of aryl methyl sites for hydroxylation is 2. The number of aromatic nitrogens is 3. The Morgan fingerprint density at radius 3 is 3.00 bits per heavy atom. The Morgan fingerprint density at radius 1 is 1.46 bits per heavy atom. The first kappa shape index (κ1) is 16.2. The fourth-order valence-corrected chi connectivity index (χ4v) is 2.69. The van der Waals surface area contributed by atoms with Crippen molar-refractivity contribution in [2.75, 3.05) is 20.3 Å². The minimum Gasteiger partial charge on any atom is -0.463 e. The van der Waals surface area contributed by atoms with Crippen molar-refractivity contribution in [3.8, 4) is 11.5 Å². The van der Waals surface area contributed by atoms with Gasteiger partial charge in [-0.3, -0.25) is 9.48 Å². The second-order valence-corrected chi connectivity index (χ2v) is 5.54. The number of amides is 1. The summed E-state index contributed by atoms with van der Waals surface area (Å²) in [4.78, 5) is 17.3. The van der Waals surface area contributed by atoms with Crippen LogP contribution in [0.2, 0.25) is 0 Å². The highest BCUT2D eigenvalue weighted by molar-refractivity contribution is 6.07. The van der Waals surface area contributed by atoms with Crippen LogP contribution in [0.15, 0.2) is 28.9 Å². The van der Waals surface area contributed by atoms with Gasteiger partial charge in [-0.2, -0.15) is 5.10 Å². The number of pyridine rings is 1. The average Bonchev–Trinajstić information content (AvgIpc) is 3.20. The van der Waals surface area contributed by atoms with Gasteiger partial charge in [-0.25, -0.2) is 4.98 Å². The molecular formula is C17H20N4O3. The largest absolute Gasteiger partial charge is 0.463 e. The second kappa shape index (κ2) is 6.84. The molecule has 0 bridgehead atoms. The summed E-state index contributed by atoms with van der Waals surface area (Å²) in [5.41, 5.74) is 2.59. The van der Waals surface area contributed by atoms with E-state index in [-0.39, 0.29) is 5.91 Å². The van der Waals surface area contributed by atoms with Crippen LogP contribution in [0, 0.1) is 6.92 Å². The Morgan fingerprint density at radius 2 is 2.29 bits per heavy atom. The summed E-state index contributed by atoms with van der Waals surface area (Å²) in [6.45, 7) is 3.03. The highest BCUT2D eigenvalue weighted by Gasteiger charge is 2.19. The number of hydrogen-bond donors (Lipinski definition) is 1. The van der Waals surface area contributed by atoms with Crippen LogP contribution in [-0.2, 0) is 11.8 Å². The molecule has 3 heterocycles. The Kier molecular flexibility index (Phi) is 4.61. The van der Waals surface area contributed by atoms with Crippen molar-refractivity contribution in [2.24, 2.45) is 7.05 Å². The van der Waals surface area contributed by atoms with E-state index in [1.807, 2.05) is 20.0 Å². The van der Waals surface area contributed by atoms with E-state index in [9.17, 15) is 4.79 Å². The maximum atomic E-state index is 12.7.